The van der Waals surface area contributed by atoms with Crippen molar-refractivity contribution in [3.63, 3.8) is 0 Å². The van der Waals surface area contributed by atoms with Gasteiger partial charge in [-0.15, -0.1) is 11.3 Å². The highest BCUT2D eigenvalue weighted by Crippen LogP contribution is 2.09. The zero-order chi connectivity index (χ0) is 14.8. The maximum Gasteiger partial charge on any atom is 0.314 e. The first-order chi connectivity index (χ1) is 9.58. The lowest BCUT2D eigenvalue weighted by Crippen LogP contribution is -2.37. The van der Waals surface area contributed by atoms with Gasteiger partial charge < -0.3 is 15.7 Å². The van der Waals surface area contributed by atoms with Crippen molar-refractivity contribution in [2.45, 2.75) is 32.6 Å². The van der Waals surface area contributed by atoms with E-state index in [4.69, 9.17) is 5.11 Å². The first-order valence-corrected chi connectivity index (χ1v) is 7.71. The molecule has 0 bridgehead atoms. The molecule has 0 aromatic carbocycles. The predicted molar refractivity (Wildman–Crippen MR) is 80.1 cm³/mol. The van der Waals surface area contributed by atoms with Gasteiger partial charge >= 0.3 is 12.0 Å². The van der Waals surface area contributed by atoms with E-state index in [0.29, 0.717) is 25.4 Å². The number of carbonyl (C=O) groups excluding carboxylic acids is 1. The molecule has 0 fully saturated rings. The van der Waals surface area contributed by atoms with E-state index in [1.807, 2.05) is 24.4 Å². The normalized spacial score (nSPS) is 11.8. The van der Waals surface area contributed by atoms with Crippen LogP contribution in [0.2, 0.25) is 0 Å². The molecule has 0 spiro atoms. The minimum Gasteiger partial charge on any atom is -0.481 e. The summed E-state index contributed by atoms with van der Waals surface area (Å²) >= 11 is 1.68. The fourth-order valence-electron chi connectivity index (χ4n) is 1.76. The van der Waals surface area contributed by atoms with E-state index in [9.17, 15) is 9.59 Å². The van der Waals surface area contributed by atoms with Crippen molar-refractivity contribution in [3.8, 4) is 0 Å². The molecule has 0 saturated carbocycles. The second kappa shape index (κ2) is 9.36. The monoisotopic (exact) mass is 298 g/mol. The van der Waals surface area contributed by atoms with Crippen molar-refractivity contribution >= 4 is 23.3 Å². The number of amides is 2. The molecule has 1 aromatic rings. The summed E-state index contributed by atoms with van der Waals surface area (Å²) in [5.74, 6) is -0.464. The molecule has 20 heavy (non-hydrogen) atoms. The van der Waals surface area contributed by atoms with Gasteiger partial charge in [-0.2, -0.15) is 0 Å². The van der Waals surface area contributed by atoms with Gasteiger partial charge in [-0.05, 0) is 36.6 Å². The Kier molecular flexibility index (Phi) is 7.72. The van der Waals surface area contributed by atoms with Crippen LogP contribution in [0.25, 0.3) is 0 Å². The van der Waals surface area contributed by atoms with Crippen LogP contribution in [-0.4, -0.2) is 30.2 Å². The van der Waals surface area contributed by atoms with Gasteiger partial charge in [0.25, 0.3) is 0 Å². The van der Waals surface area contributed by atoms with Crippen LogP contribution in [0.3, 0.4) is 0 Å². The molecule has 0 saturated heterocycles. The number of hydrogen-bond acceptors (Lipinski definition) is 3. The Morgan fingerprint density at radius 2 is 2.05 bits per heavy atom. The number of carbonyl (C=O) groups is 2. The Morgan fingerprint density at radius 1 is 1.30 bits per heavy atom. The van der Waals surface area contributed by atoms with Gasteiger partial charge in [-0.1, -0.05) is 13.0 Å². The molecule has 1 atom stereocenters. The Morgan fingerprint density at radius 3 is 2.70 bits per heavy atom. The standard InChI is InChI=1S/C14H22N2O3S/c1-11(4-5-13(17)18)6-8-15-14(19)16-9-7-12-3-2-10-20-12/h2-3,10-11H,4-9H2,1H3,(H,17,18)(H2,15,16,19). The van der Waals surface area contributed by atoms with Crippen molar-refractivity contribution in [2.75, 3.05) is 13.1 Å². The SMILES string of the molecule is CC(CCNC(=O)NCCc1cccs1)CCC(=O)O. The number of carboxylic acid groups (broad SMARTS) is 1. The van der Waals surface area contributed by atoms with Gasteiger partial charge in [0.05, 0.1) is 0 Å². The van der Waals surface area contributed by atoms with Gasteiger partial charge in [0.1, 0.15) is 0 Å². The summed E-state index contributed by atoms with van der Waals surface area (Å²) in [5.41, 5.74) is 0. The molecular formula is C14H22N2O3S. The lowest BCUT2D eigenvalue weighted by Gasteiger charge is -2.11. The summed E-state index contributed by atoms with van der Waals surface area (Å²) in [6, 6.07) is 3.89. The zero-order valence-electron chi connectivity index (χ0n) is 11.7. The lowest BCUT2D eigenvalue weighted by atomic mass is 10.0. The summed E-state index contributed by atoms with van der Waals surface area (Å²) in [5, 5.41) is 16.2. The largest absolute Gasteiger partial charge is 0.481 e. The molecule has 112 valence electrons. The number of thiophene rings is 1. The topological polar surface area (TPSA) is 78.4 Å². The van der Waals surface area contributed by atoms with Crippen molar-refractivity contribution in [1.82, 2.24) is 10.6 Å². The van der Waals surface area contributed by atoms with E-state index in [1.54, 1.807) is 11.3 Å². The molecule has 6 heteroatoms. The quantitative estimate of drug-likeness (QED) is 0.655. The van der Waals surface area contributed by atoms with Crippen LogP contribution in [-0.2, 0) is 11.2 Å². The van der Waals surface area contributed by atoms with Crippen LogP contribution in [0.4, 0.5) is 4.79 Å². The number of nitrogens with one attached hydrogen (secondary N) is 2. The van der Waals surface area contributed by atoms with Gasteiger partial charge in [-0.3, -0.25) is 4.79 Å². The molecular weight excluding hydrogens is 276 g/mol. The molecule has 1 aromatic heterocycles. The van der Waals surface area contributed by atoms with Crippen LogP contribution in [0.1, 0.15) is 31.1 Å². The fourth-order valence-corrected chi connectivity index (χ4v) is 2.47. The van der Waals surface area contributed by atoms with Crippen LogP contribution in [0.5, 0.6) is 0 Å². The van der Waals surface area contributed by atoms with E-state index in [-0.39, 0.29) is 12.5 Å². The number of carboxylic acids is 1. The molecule has 1 heterocycles. The van der Waals surface area contributed by atoms with Crippen molar-refractivity contribution in [3.05, 3.63) is 22.4 Å². The van der Waals surface area contributed by atoms with Gasteiger partial charge in [-0.25, -0.2) is 4.79 Å². The van der Waals surface area contributed by atoms with E-state index in [2.05, 4.69) is 10.6 Å². The van der Waals surface area contributed by atoms with E-state index < -0.39 is 5.97 Å². The van der Waals surface area contributed by atoms with Crippen molar-refractivity contribution < 1.29 is 14.7 Å². The fraction of sp³-hybridized carbons (Fsp3) is 0.571. The smallest absolute Gasteiger partial charge is 0.314 e. The molecule has 3 N–H and O–H groups in total. The highest BCUT2D eigenvalue weighted by Gasteiger charge is 2.06. The van der Waals surface area contributed by atoms with Gasteiger partial charge in [0.2, 0.25) is 0 Å². The third kappa shape index (κ3) is 7.78. The average molecular weight is 298 g/mol. The zero-order valence-corrected chi connectivity index (χ0v) is 12.5. The number of aliphatic carboxylic acids is 1. The second-order valence-corrected chi connectivity index (χ2v) is 5.87. The summed E-state index contributed by atoms with van der Waals surface area (Å²) in [6.07, 6.45) is 2.48. The molecule has 1 rings (SSSR count). The Labute approximate surface area is 123 Å². The Bertz CT molecular complexity index is 407. The maximum atomic E-state index is 11.5. The van der Waals surface area contributed by atoms with Gasteiger partial charge in [0.15, 0.2) is 0 Å². The number of hydrogen-bond donors (Lipinski definition) is 3. The summed E-state index contributed by atoms with van der Waals surface area (Å²) < 4.78 is 0. The van der Waals surface area contributed by atoms with Crippen LogP contribution >= 0.6 is 11.3 Å². The minimum absolute atomic E-state index is 0.160. The third-order valence-electron chi connectivity index (χ3n) is 3.01. The van der Waals surface area contributed by atoms with E-state index in [0.717, 1.165) is 12.8 Å². The first-order valence-electron chi connectivity index (χ1n) is 6.84. The minimum atomic E-state index is -0.767. The molecule has 5 nitrogen and oxygen atoms in total. The molecule has 0 aliphatic carbocycles. The molecule has 0 aliphatic heterocycles. The summed E-state index contributed by atoms with van der Waals surface area (Å²) in [7, 11) is 0. The molecule has 0 aliphatic rings. The average Bonchev–Trinajstić information content (AvgIpc) is 2.89. The van der Waals surface area contributed by atoms with Crippen molar-refractivity contribution in [2.24, 2.45) is 5.92 Å². The third-order valence-corrected chi connectivity index (χ3v) is 3.95. The highest BCUT2D eigenvalue weighted by molar-refractivity contribution is 7.09. The Balaban J connectivity index is 2.00. The number of urea groups is 1. The molecule has 1 unspecified atom stereocenters. The van der Waals surface area contributed by atoms with E-state index >= 15 is 0 Å². The second-order valence-electron chi connectivity index (χ2n) is 4.84. The predicted octanol–water partition coefficient (Wildman–Crippen LogP) is 2.48. The summed E-state index contributed by atoms with van der Waals surface area (Å²) in [6.45, 7) is 3.20. The van der Waals surface area contributed by atoms with Gasteiger partial charge in [0, 0.05) is 24.4 Å². The van der Waals surface area contributed by atoms with Crippen molar-refractivity contribution in [1.29, 1.82) is 0 Å². The van der Waals surface area contributed by atoms with E-state index in [1.165, 1.54) is 4.88 Å². The van der Waals surface area contributed by atoms with Crippen LogP contribution < -0.4 is 10.6 Å². The van der Waals surface area contributed by atoms with Crippen LogP contribution in [0, 0.1) is 5.92 Å². The summed E-state index contributed by atoms with van der Waals surface area (Å²) in [4.78, 5) is 23.2. The first kappa shape index (κ1) is 16.5. The maximum absolute atomic E-state index is 11.5. The molecule has 0 radical (unpaired) electrons. The number of rotatable bonds is 9. The highest BCUT2D eigenvalue weighted by atomic mass is 32.1. The lowest BCUT2D eigenvalue weighted by molar-refractivity contribution is -0.137. The molecule has 2 amide bonds. The Hall–Kier alpha value is -1.56. The van der Waals surface area contributed by atoms with Crippen LogP contribution in [0.15, 0.2) is 17.5 Å².